The molecule has 1 N–H and O–H groups in total. The fourth-order valence-electron chi connectivity index (χ4n) is 2.46. The monoisotopic (exact) mass is 251 g/mol. The van der Waals surface area contributed by atoms with Crippen molar-refractivity contribution in [3.05, 3.63) is 18.0 Å². The standard InChI is InChI=1S/C14H25N3O/c1-12(2)17-9-5-13(15-17)11-16-8-4-6-14(3,18)7-10-16/h5,9,12,18H,4,6-8,10-11H2,1-3H3. The molecule has 1 aliphatic heterocycles. The molecule has 1 aromatic heterocycles. The molecular weight excluding hydrogens is 226 g/mol. The average molecular weight is 251 g/mol. The minimum atomic E-state index is -0.480. The second kappa shape index (κ2) is 5.41. The summed E-state index contributed by atoms with van der Waals surface area (Å²) in [6.07, 6.45) is 4.88. The molecule has 2 rings (SSSR count). The van der Waals surface area contributed by atoms with Gasteiger partial charge in [0, 0.05) is 25.3 Å². The predicted molar refractivity (Wildman–Crippen MR) is 72.4 cm³/mol. The van der Waals surface area contributed by atoms with Crippen molar-refractivity contribution in [3.63, 3.8) is 0 Å². The lowest BCUT2D eigenvalue weighted by atomic mass is 9.98. The highest BCUT2D eigenvalue weighted by molar-refractivity contribution is 4.99. The lowest BCUT2D eigenvalue weighted by Gasteiger charge is -2.21. The average Bonchev–Trinajstić information content (AvgIpc) is 2.67. The van der Waals surface area contributed by atoms with Crippen LogP contribution in [-0.2, 0) is 6.54 Å². The highest BCUT2D eigenvalue weighted by Gasteiger charge is 2.25. The summed E-state index contributed by atoms with van der Waals surface area (Å²) >= 11 is 0. The van der Waals surface area contributed by atoms with E-state index in [2.05, 4.69) is 29.9 Å². The van der Waals surface area contributed by atoms with Crippen LogP contribution in [0.2, 0.25) is 0 Å². The van der Waals surface area contributed by atoms with Gasteiger partial charge in [-0.25, -0.2) is 0 Å². The van der Waals surface area contributed by atoms with Gasteiger partial charge in [0.1, 0.15) is 0 Å². The molecule has 102 valence electrons. The van der Waals surface area contributed by atoms with E-state index in [0.29, 0.717) is 6.04 Å². The van der Waals surface area contributed by atoms with Gasteiger partial charge in [-0.1, -0.05) is 0 Å². The summed E-state index contributed by atoms with van der Waals surface area (Å²) in [6.45, 7) is 9.14. The van der Waals surface area contributed by atoms with Crippen LogP contribution in [0, 0.1) is 0 Å². The summed E-state index contributed by atoms with van der Waals surface area (Å²) in [5.74, 6) is 0. The Kier molecular flexibility index (Phi) is 4.07. The molecule has 1 saturated heterocycles. The molecular formula is C14H25N3O. The third-order valence-electron chi connectivity index (χ3n) is 3.73. The summed E-state index contributed by atoms with van der Waals surface area (Å²) in [4.78, 5) is 2.40. The highest BCUT2D eigenvalue weighted by atomic mass is 16.3. The second-order valence-electron chi connectivity index (χ2n) is 6.01. The molecule has 0 aromatic carbocycles. The SMILES string of the molecule is CC(C)n1ccc(CN2CCCC(C)(O)CC2)n1. The highest BCUT2D eigenvalue weighted by Crippen LogP contribution is 2.22. The van der Waals surface area contributed by atoms with Gasteiger partial charge in [-0.05, 0) is 52.6 Å². The maximum absolute atomic E-state index is 10.1. The van der Waals surface area contributed by atoms with Crippen LogP contribution in [0.4, 0.5) is 0 Å². The van der Waals surface area contributed by atoms with Gasteiger partial charge in [0.05, 0.1) is 11.3 Å². The number of hydrogen-bond donors (Lipinski definition) is 1. The first-order valence-corrected chi connectivity index (χ1v) is 6.95. The number of nitrogens with zero attached hydrogens (tertiary/aromatic N) is 3. The van der Waals surface area contributed by atoms with Crippen molar-refractivity contribution in [1.29, 1.82) is 0 Å². The molecule has 2 heterocycles. The Balaban J connectivity index is 1.92. The van der Waals surface area contributed by atoms with Crippen LogP contribution in [0.25, 0.3) is 0 Å². The van der Waals surface area contributed by atoms with E-state index in [4.69, 9.17) is 0 Å². The first-order chi connectivity index (χ1) is 8.46. The smallest absolute Gasteiger partial charge is 0.0764 e. The Morgan fingerprint density at radius 2 is 2.17 bits per heavy atom. The lowest BCUT2D eigenvalue weighted by molar-refractivity contribution is 0.0444. The van der Waals surface area contributed by atoms with Gasteiger partial charge >= 0.3 is 0 Å². The largest absolute Gasteiger partial charge is 0.390 e. The third-order valence-corrected chi connectivity index (χ3v) is 3.73. The van der Waals surface area contributed by atoms with Crippen LogP contribution in [0.15, 0.2) is 12.3 Å². The third kappa shape index (κ3) is 3.56. The number of likely N-dealkylation sites (tertiary alicyclic amines) is 1. The van der Waals surface area contributed by atoms with Crippen molar-refractivity contribution < 1.29 is 5.11 Å². The van der Waals surface area contributed by atoms with Crippen LogP contribution in [0.5, 0.6) is 0 Å². The molecule has 1 unspecified atom stereocenters. The fourth-order valence-corrected chi connectivity index (χ4v) is 2.46. The van der Waals surface area contributed by atoms with Gasteiger partial charge < -0.3 is 5.11 Å². The van der Waals surface area contributed by atoms with Gasteiger partial charge in [0.25, 0.3) is 0 Å². The van der Waals surface area contributed by atoms with Crippen LogP contribution in [0.1, 0.15) is 51.8 Å². The van der Waals surface area contributed by atoms with E-state index in [9.17, 15) is 5.11 Å². The number of rotatable bonds is 3. The van der Waals surface area contributed by atoms with E-state index in [1.165, 1.54) is 0 Å². The molecule has 1 aliphatic rings. The quantitative estimate of drug-likeness (QED) is 0.895. The molecule has 18 heavy (non-hydrogen) atoms. The van der Waals surface area contributed by atoms with Crippen molar-refractivity contribution in [2.45, 2.75) is 58.2 Å². The molecule has 4 nitrogen and oxygen atoms in total. The number of hydrogen-bond acceptors (Lipinski definition) is 3. The molecule has 1 fully saturated rings. The van der Waals surface area contributed by atoms with Crippen molar-refractivity contribution in [3.8, 4) is 0 Å². The van der Waals surface area contributed by atoms with Gasteiger partial charge in [0.15, 0.2) is 0 Å². The van der Waals surface area contributed by atoms with Crippen molar-refractivity contribution in [1.82, 2.24) is 14.7 Å². The molecule has 0 amide bonds. The van der Waals surface area contributed by atoms with Gasteiger partial charge in [-0.3, -0.25) is 9.58 Å². The van der Waals surface area contributed by atoms with Gasteiger partial charge in [0.2, 0.25) is 0 Å². The van der Waals surface area contributed by atoms with E-state index >= 15 is 0 Å². The first-order valence-electron chi connectivity index (χ1n) is 6.95. The van der Waals surface area contributed by atoms with E-state index in [1.54, 1.807) is 0 Å². The molecule has 0 radical (unpaired) electrons. The lowest BCUT2D eigenvalue weighted by Crippen LogP contribution is -2.28. The van der Waals surface area contributed by atoms with E-state index in [-0.39, 0.29) is 0 Å². The maximum Gasteiger partial charge on any atom is 0.0764 e. The van der Waals surface area contributed by atoms with Gasteiger partial charge in [-0.15, -0.1) is 0 Å². The maximum atomic E-state index is 10.1. The molecule has 0 aliphatic carbocycles. The molecule has 1 aromatic rings. The fraction of sp³-hybridized carbons (Fsp3) is 0.786. The molecule has 0 bridgehead atoms. The second-order valence-corrected chi connectivity index (χ2v) is 6.01. The molecule has 4 heteroatoms. The number of aliphatic hydroxyl groups is 1. The Morgan fingerprint density at radius 3 is 2.83 bits per heavy atom. The van der Waals surface area contributed by atoms with Crippen LogP contribution >= 0.6 is 0 Å². The minimum absolute atomic E-state index is 0.420. The first kappa shape index (κ1) is 13.6. The summed E-state index contributed by atoms with van der Waals surface area (Å²) in [6, 6.07) is 2.52. The summed E-state index contributed by atoms with van der Waals surface area (Å²) < 4.78 is 2.00. The van der Waals surface area contributed by atoms with Crippen LogP contribution in [-0.4, -0.2) is 38.5 Å². The van der Waals surface area contributed by atoms with Gasteiger partial charge in [-0.2, -0.15) is 5.10 Å². The van der Waals surface area contributed by atoms with Crippen molar-refractivity contribution in [2.75, 3.05) is 13.1 Å². The molecule has 0 saturated carbocycles. The van der Waals surface area contributed by atoms with E-state index < -0.39 is 5.60 Å². The summed E-state index contributed by atoms with van der Waals surface area (Å²) in [5, 5.41) is 14.7. The van der Waals surface area contributed by atoms with Crippen molar-refractivity contribution in [2.24, 2.45) is 0 Å². The molecule has 1 atom stereocenters. The summed E-state index contributed by atoms with van der Waals surface area (Å²) in [7, 11) is 0. The zero-order valence-corrected chi connectivity index (χ0v) is 11.8. The van der Waals surface area contributed by atoms with Crippen LogP contribution in [0.3, 0.4) is 0 Å². The Hall–Kier alpha value is -0.870. The van der Waals surface area contributed by atoms with Crippen LogP contribution < -0.4 is 0 Å². The Bertz CT molecular complexity index is 384. The normalized spacial score (nSPS) is 26.5. The van der Waals surface area contributed by atoms with Crippen molar-refractivity contribution >= 4 is 0 Å². The number of aromatic nitrogens is 2. The molecule has 0 spiro atoms. The van der Waals surface area contributed by atoms with E-state index in [0.717, 1.165) is 44.6 Å². The zero-order chi connectivity index (χ0) is 13.2. The minimum Gasteiger partial charge on any atom is -0.390 e. The summed E-state index contributed by atoms with van der Waals surface area (Å²) in [5.41, 5.74) is 0.650. The Labute approximate surface area is 110 Å². The zero-order valence-electron chi connectivity index (χ0n) is 11.8. The topological polar surface area (TPSA) is 41.3 Å². The Morgan fingerprint density at radius 1 is 1.39 bits per heavy atom. The predicted octanol–water partition coefficient (Wildman–Crippen LogP) is 2.20. The van der Waals surface area contributed by atoms with E-state index in [1.807, 2.05) is 17.8 Å².